The third-order valence-corrected chi connectivity index (χ3v) is 2.23. The summed E-state index contributed by atoms with van der Waals surface area (Å²) in [4.78, 5) is 7.92. The highest BCUT2D eigenvalue weighted by atomic mass is 35.5. The van der Waals surface area contributed by atoms with Gasteiger partial charge in [0.15, 0.2) is 5.60 Å². The number of aromatic nitrogens is 2. The molecule has 0 N–H and O–H groups in total. The Morgan fingerprint density at radius 2 is 2.20 bits per heavy atom. The lowest BCUT2D eigenvalue weighted by atomic mass is 10.1. The third kappa shape index (κ3) is 2.84. The van der Waals surface area contributed by atoms with Gasteiger partial charge < -0.3 is 4.74 Å². The first-order valence-corrected chi connectivity index (χ1v) is 5.04. The monoisotopic (exact) mass is 224 g/mol. The number of rotatable bonds is 3. The van der Waals surface area contributed by atoms with Crippen LogP contribution in [0.4, 0.5) is 0 Å². The van der Waals surface area contributed by atoms with Crippen molar-refractivity contribution in [2.75, 3.05) is 0 Å². The fraction of sp³-hybridized carbons (Fsp3) is 0.455. The lowest BCUT2D eigenvalue weighted by Gasteiger charge is -2.20. The number of hydrogen-bond donors (Lipinski definition) is 0. The van der Waals surface area contributed by atoms with Crippen LogP contribution in [0.1, 0.15) is 26.3 Å². The normalized spacial score (nSPS) is 10.9. The molecule has 0 radical (unpaired) electrons. The molecule has 0 aliphatic heterocycles. The second-order valence-electron chi connectivity index (χ2n) is 3.56. The van der Waals surface area contributed by atoms with Crippen molar-refractivity contribution in [2.24, 2.45) is 0 Å². The first-order valence-electron chi connectivity index (χ1n) is 4.66. The van der Waals surface area contributed by atoms with E-state index < -0.39 is 5.60 Å². The Balaban J connectivity index is 3.06. The number of nitrogens with zero attached hydrogens (tertiary/aromatic N) is 2. The summed E-state index contributed by atoms with van der Waals surface area (Å²) >= 11 is 5.92. The molecule has 1 heterocycles. The van der Waals surface area contributed by atoms with Gasteiger partial charge in [-0.1, -0.05) is 24.4 Å². The number of terminal acetylenes is 1. The van der Waals surface area contributed by atoms with E-state index in [0.29, 0.717) is 17.5 Å². The largest absolute Gasteiger partial charge is 0.458 e. The molecule has 0 spiro atoms. The second-order valence-corrected chi connectivity index (χ2v) is 3.92. The van der Waals surface area contributed by atoms with E-state index >= 15 is 0 Å². The van der Waals surface area contributed by atoms with Crippen LogP contribution in [-0.2, 0) is 6.42 Å². The van der Waals surface area contributed by atoms with Crippen molar-refractivity contribution in [3.05, 3.63) is 17.0 Å². The Morgan fingerprint density at radius 3 is 2.73 bits per heavy atom. The van der Waals surface area contributed by atoms with Gasteiger partial charge in [-0.3, -0.25) is 0 Å². The van der Waals surface area contributed by atoms with Crippen molar-refractivity contribution < 1.29 is 4.74 Å². The van der Waals surface area contributed by atoms with E-state index in [1.807, 2.05) is 6.92 Å². The topological polar surface area (TPSA) is 35.0 Å². The molecule has 3 nitrogen and oxygen atoms in total. The van der Waals surface area contributed by atoms with Gasteiger partial charge in [0.25, 0.3) is 0 Å². The number of ether oxygens (including phenoxy) is 1. The Morgan fingerprint density at radius 1 is 1.53 bits per heavy atom. The van der Waals surface area contributed by atoms with Gasteiger partial charge in [-0.05, 0) is 20.3 Å². The standard InChI is InChI=1S/C11H13ClN2O/c1-5-8-9(12)13-7-14-10(8)15-11(3,4)6-2/h2,7H,5H2,1,3-4H3. The van der Waals surface area contributed by atoms with E-state index in [1.54, 1.807) is 13.8 Å². The minimum atomic E-state index is -0.693. The molecule has 0 bridgehead atoms. The smallest absolute Gasteiger partial charge is 0.222 e. The lowest BCUT2D eigenvalue weighted by Crippen LogP contribution is -2.26. The molecule has 1 rings (SSSR count). The Labute approximate surface area is 94.8 Å². The molecular formula is C11H13ClN2O. The van der Waals surface area contributed by atoms with Crippen molar-refractivity contribution in [1.82, 2.24) is 9.97 Å². The quantitative estimate of drug-likeness (QED) is 0.585. The zero-order valence-electron chi connectivity index (χ0n) is 9.04. The maximum atomic E-state index is 5.92. The summed E-state index contributed by atoms with van der Waals surface area (Å²) in [5, 5.41) is 0.412. The van der Waals surface area contributed by atoms with E-state index in [9.17, 15) is 0 Å². The Hall–Kier alpha value is -1.27. The molecule has 0 aromatic carbocycles. The molecule has 0 fully saturated rings. The Bertz CT molecular complexity index is 396. The van der Waals surface area contributed by atoms with Gasteiger partial charge in [-0.2, -0.15) is 0 Å². The fourth-order valence-electron chi connectivity index (χ4n) is 1.03. The molecule has 0 amide bonds. The zero-order valence-corrected chi connectivity index (χ0v) is 9.80. The van der Waals surface area contributed by atoms with Crippen LogP contribution in [0.3, 0.4) is 0 Å². The highest BCUT2D eigenvalue weighted by Gasteiger charge is 2.19. The molecule has 1 aromatic rings. The van der Waals surface area contributed by atoms with Gasteiger partial charge in [-0.25, -0.2) is 9.97 Å². The van der Waals surface area contributed by atoms with Crippen LogP contribution in [0.25, 0.3) is 0 Å². The minimum Gasteiger partial charge on any atom is -0.458 e. The van der Waals surface area contributed by atoms with Gasteiger partial charge >= 0.3 is 0 Å². The summed E-state index contributed by atoms with van der Waals surface area (Å²) in [6, 6.07) is 0. The van der Waals surface area contributed by atoms with Gasteiger partial charge in [0.1, 0.15) is 11.5 Å². The van der Waals surface area contributed by atoms with Gasteiger partial charge in [0.05, 0.1) is 5.56 Å². The molecule has 80 valence electrons. The van der Waals surface area contributed by atoms with Crippen LogP contribution >= 0.6 is 11.6 Å². The van der Waals surface area contributed by atoms with Crippen LogP contribution in [0, 0.1) is 12.3 Å². The van der Waals surface area contributed by atoms with Gasteiger partial charge in [-0.15, -0.1) is 6.42 Å². The fourth-order valence-corrected chi connectivity index (χ4v) is 1.29. The zero-order chi connectivity index (χ0) is 11.5. The van der Waals surface area contributed by atoms with Crippen LogP contribution in [0.5, 0.6) is 5.88 Å². The molecule has 0 saturated carbocycles. The molecule has 0 aliphatic carbocycles. The molecule has 15 heavy (non-hydrogen) atoms. The second kappa shape index (κ2) is 4.50. The average molecular weight is 225 g/mol. The molecular weight excluding hydrogens is 212 g/mol. The summed E-state index contributed by atoms with van der Waals surface area (Å²) in [5.41, 5.74) is 0.0872. The van der Waals surface area contributed by atoms with Crippen molar-refractivity contribution >= 4 is 11.6 Å². The number of hydrogen-bond acceptors (Lipinski definition) is 3. The molecule has 4 heteroatoms. The van der Waals surface area contributed by atoms with Crippen molar-refractivity contribution in [2.45, 2.75) is 32.8 Å². The van der Waals surface area contributed by atoms with Crippen LogP contribution < -0.4 is 4.74 Å². The molecule has 0 aliphatic rings. The van der Waals surface area contributed by atoms with E-state index in [4.69, 9.17) is 22.8 Å². The number of halogens is 1. The maximum absolute atomic E-state index is 5.92. The van der Waals surface area contributed by atoms with Gasteiger partial charge in [0.2, 0.25) is 5.88 Å². The van der Waals surface area contributed by atoms with Crippen LogP contribution in [0.2, 0.25) is 5.15 Å². The van der Waals surface area contributed by atoms with Crippen LogP contribution in [-0.4, -0.2) is 15.6 Å². The predicted molar refractivity (Wildman–Crippen MR) is 60.0 cm³/mol. The summed E-state index contributed by atoms with van der Waals surface area (Å²) in [5.74, 6) is 2.99. The summed E-state index contributed by atoms with van der Waals surface area (Å²) in [7, 11) is 0. The van der Waals surface area contributed by atoms with Gasteiger partial charge in [0, 0.05) is 0 Å². The minimum absolute atomic E-state index is 0.412. The van der Waals surface area contributed by atoms with E-state index in [-0.39, 0.29) is 0 Å². The lowest BCUT2D eigenvalue weighted by molar-refractivity contribution is 0.162. The SMILES string of the molecule is C#CC(C)(C)Oc1ncnc(Cl)c1CC. The maximum Gasteiger partial charge on any atom is 0.222 e. The molecule has 1 aromatic heterocycles. The van der Waals surface area contributed by atoms with Crippen molar-refractivity contribution in [1.29, 1.82) is 0 Å². The molecule has 0 atom stereocenters. The first kappa shape index (κ1) is 11.8. The van der Waals surface area contributed by atoms with Crippen molar-refractivity contribution in [3.63, 3.8) is 0 Å². The van der Waals surface area contributed by atoms with E-state index in [2.05, 4.69) is 15.9 Å². The van der Waals surface area contributed by atoms with E-state index in [0.717, 1.165) is 5.56 Å². The third-order valence-electron chi connectivity index (χ3n) is 1.91. The molecule has 0 saturated heterocycles. The summed E-state index contributed by atoms with van der Waals surface area (Å²) < 4.78 is 5.58. The highest BCUT2D eigenvalue weighted by Crippen LogP contribution is 2.25. The highest BCUT2D eigenvalue weighted by molar-refractivity contribution is 6.30. The summed E-state index contributed by atoms with van der Waals surface area (Å²) in [6.07, 6.45) is 7.40. The first-order chi connectivity index (χ1) is 7.00. The Kier molecular flexibility index (Phi) is 3.54. The molecule has 0 unspecified atom stereocenters. The predicted octanol–water partition coefficient (Wildman–Crippen LogP) is 2.48. The van der Waals surface area contributed by atoms with E-state index in [1.165, 1.54) is 6.33 Å². The average Bonchev–Trinajstić information content (AvgIpc) is 2.18. The van der Waals surface area contributed by atoms with Crippen molar-refractivity contribution in [3.8, 4) is 18.2 Å². The summed E-state index contributed by atoms with van der Waals surface area (Å²) in [6.45, 7) is 5.55. The van der Waals surface area contributed by atoms with Crippen LogP contribution in [0.15, 0.2) is 6.33 Å².